The first kappa shape index (κ1) is 13.1. The molecule has 1 heterocycles. The smallest absolute Gasteiger partial charge is 0.156 e. The summed E-state index contributed by atoms with van der Waals surface area (Å²) in [6, 6.07) is 0. The third-order valence-corrected chi connectivity index (χ3v) is 2.73. The molecule has 1 saturated heterocycles. The first-order chi connectivity index (χ1) is 7.77. The fraction of sp³-hybridized carbons (Fsp3) is 0.692. The molecule has 0 aliphatic carbocycles. The van der Waals surface area contributed by atoms with E-state index in [0.29, 0.717) is 18.3 Å². The van der Waals surface area contributed by atoms with Gasteiger partial charge in [0.2, 0.25) is 0 Å². The Bertz CT molecular complexity index is 242. The highest BCUT2D eigenvalue weighted by molar-refractivity contribution is 5.15. The third kappa shape index (κ3) is 4.27. The molecule has 1 N–H and O–H groups in total. The van der Waals surface area contributed by atoms with Gasteiger partial charge in [0.1, 0.15) is 0 Å². The summed E-state index contributed by atoms with van der Waals surface area (Å²) in [6.07, 6.45) is 4.37. The van der Waals surface area contributed by atoms with Gasteiger partial charge in [0, 0.05) is 12.5 Å². The van der Waals surface area contributed by atoms with Gasteiger partial charge >= 0.3 is 0 Å². The van der Waals surface area contributed by atoms with Crippen molar-refractivity contribution in [2.75, 3.05) is 26.3 Å². The minimum atomic E-state index is 0.602. The summed E-state index contributed by atoms with van der Waals surface area (Å²) in [4.78, 5) is 0. The average Bonchev–Trinajstić information content (AvgIpc) is 2.34. The Hall–Kier alpha value is -0.960. The minimum Gasteiger partial charge on any atom is -0.490 e. The van der Waals surface area contributed by atoms with E-state index in [0.717, 1.165) is 25.5 Å². The van der Waals surface area contributed by atoms with E-state index in [1.807, 2.05) is 19.9 Å². The number of ether oxygens (including phenoxy) is 2. The van der Waals surface area contributed by atoms with Gasteiger partial charge in [-0.2, -0.15) is 0 Å². The van der Waals surface area contributed by atoms with Crippen LogP contribution in [0.1, 0.15) is 26.7 Å². The molecular formula is C13H23NO2. The van der Waals surface area contributed by atoms with Gasteiger partial charge in [0.05, 0.1) is 13.2 Å². The Morgan fingerprint density at radius 2 is 2.31 bits per heavy atom. The first-order valence-electron chi connectivity index (χ1n) is 6.09. The molecule has 1 fully saturated rings. The van der Waals surface area contributed by atoms with E-state index >= 15 is 0 Å². The van der Waals surface area contributed by atoms with Gasteiger partial charge in [-0.15, -0.1) is 0 Å². The second kappa shape index (κ2) is 7.34. The molecule has 0 radical (unpaired) electrons. The van der Waals surface area contributed by atoms with Crippen molar-refractivity contribution in [3.63, 3.8) is 0 Å². The zero-order valence-corrected chi connectivity index (χ0v) is 10.4. The third-order valence-electron chi connectivity index (χ3n) is 2.73. The van der Waals surface area contributed by atoms with Crippen LogP contribution in [0.2, 0.25) is 0 Å². The van der Waals surface area contributed by atoms with Crippen molar-refractivity contribution >= 4 is 0 Å². The number of piperidine rings is 1. The molecule has 0 aromatic heterocycles. The molecule has 1 atom stereocenters. The Labute approximate surface area is 98.5 Å². The monoisotopic (exact) mass is 225 g/mol. The molecular weight excluding hydrogens is 202 g/mol. The van der Waals surface area contributed by atoms with Crippen LogP contribution in [0.15, 0.2) is 24.2 Å². The van der Waals surface area contributed by atoms with Crippen molar-refractivity contribution in [3.05, 3.63) is 24.2 Å². The summed E-state index contributed by atoms with van der Waals surface area (Å²) in [5, 5.41) is 3.37. The lowest BCUT2D eigenvalue weighted by Gasteiger charge is -2.23. The van der Waals surface area contributed by atoms with Crippen molar-refractivity contribution in [3.8, 4) is 0 Å². The van der Waals surface area contributed by atoms with Gasteiger partial charge in [0.25, 0.3) is 0 Å². The van der Waals surface area contributed by atoms with Gasteiger partial charge in [-0.3, -0.25) is 0 Å². The molecule has 3 nitrogen and oxygen atoms in total. The summed E-state index contributed by atoms with van der Waals surface area (Å²) in [5.41, 5.74) is 0. The van der Waals surface area contributed by atoms with E-state index in [1.54, 1.807) is 0 Å². The van der Waals surface area contributed by atoms with Gasteiger partial charge in [-0.25, -0.2) is 0 Å². The Kier molecular flexibility index (Phi) is 6.01. The standard InChI is InChI=1S/C13H23NO2/c1-4-13(15-5-2)11(3)16-10-12-7-6-8-14-9-12/h4,12,14H,3,5-10H2,1-2H3/b13-4+. The highest BCUT2D eigenvalue weighted by atomic mass is 16.5. The summed E-state index contributed by atoms with van der Waals surface area (Å²) in [6.45, 7) is 11.3. The fourth-order valence-corrected chi connectivity index (χ4v) is 1.84. The van der Waals surface area contributed by atoms with Crippen LogP contribution in [-0.4, -0.2) is 26.3 Å². The highest BCUT2D eigenvalue weighted by Gasteiger charge is 2.14. The second-order valence-corrected chi connectivity index (χ2v) is 4.03. The van der Waals surface area contributed by atoms with Gasteiger partial charge < -0.3 is 14.8 Å². The van der Waals surface area contributed by atoms with E-state index in [-0.39, 0.29) is 0 Å². The van der Waals surface area contributed by atoms with E-state index in [2.05, 4.69) is 11.9 Å². The van der Waals surface area contributed by atoms with Crippen LogP contribution in [0, 0.1) is 5.92 Å². The zero-order chi connectivity index (χ0) is 11.8. The van der Waals surface area contributed by atoms with Crippen LogP contribution < -0.4 is 5.32 Å². The zero-order valence-electron chi connectivity index (χ0n) is 10.4. The molecule has 92 valence electrons. The molecule has 1 unspecified atom stereocenters. The van der Waals surface area contributed by atoms with Crippen LogP contribution in [-0.2, 0) is 9.47 Å². The molecule has 16 heavy (non-hydrogen) atoms. The summed E-state index contributed by atoms with van der Waals surface area (Å²) >= 11 is 0. The second-order valence-electron chi connectivity index (χ2n) is 4.03. The Morgan fingerprint density at radius 1 is 1.50 bits per heavy atom. The molecule has 0 spiro atoms. The van der Waals surface area contributed by atoms with Crippen LogP contribution in [0.5, 0.6) is 0 Å². The maximum Gasteiger partial charge on any atom is 0.156 e. The quantitative estimate of drug-likeness (QED) is 0.556. The Morgan fingerprint density at radius 3 is 2.88 bits per heavy atom. The predicted molar refractivity (Wildman–Crippen MR) is 66.1 cm³/mol. The molecule has 1 aliphatic heterocycles. The van der Waals surface area contributed by atoms with Crippen LogP contribution >= 0.6 is 0 Å². The topological polar surface area (TPSA) is 30.5 Å². The number of hydrogen-bond donors (Lipinski definition) is 1. The number of rotatable bonds is 6. The first-order valence-corrected chi connectivity index (χ1v) is 6.09. The molecule has 1 aliphatic rings. The summed E-state index contributed by atoms with van der Waals surface area (Å²) in [5.74, 6) is 2.01. The lowest BCUT2D eigenvalue weighted by molar-refractivity contribution is 0.123. The van der Waals surface area contributed by atoms with Gasteiger partial charge in [0.15, 0.2) is 11.5 Å². The molecule has 0 bridgehead atoms. The van der Waals surface area contributed by atoms with Crippen molar-refractivity contribution in [1.82, 2.24) is 5.32 Å². The minimum absolute atomic E-state index is 0.602. The predicted octanol–water partition coefficient (Wildman–Crippen LogP) is 2.46. The molecule has 0 amide bonds. The SMILES string of the molecule is C=C(OCC1CCCNC1)/C(=C\C)OCC. The Balaban J connectivity index is 2.27. The average molecular weight is 225 g/mol. The van der Waals surface area contributed by atoms with E-state index in [1.165, 1.54) is 12.8 Å². The van der Waals surface area contributed by atoms with Gasteiger partial charge in [-0.05, 0) is 39.3 Å². The van der Waals surface area contributed by atoms with Crippen LogP contribution in [0.3, 0.4) is 0 Å². The lowest BCUT2D eigenvalue weighted by Crippen LogP contribution is -2.32. The number of allylic oxidation sites excluding steroid dienone is 1. The highest BCUT2D eigenvalue weighted by Crippen LogP contribution is 2.15. The van der Waals surface area contributed by atoms with Crippen molar-refractivity contribution in [2.24, 2.45) is 5.92 Å². The van der Waals surface area contributed by atoms with Crippen molar-refractivity contribution < 1.29 is 9.47 Å². The normalized spacial score (nSPS) is 21.6. The molecule has 0 saturated carbocycles. The largest absolute Gasteiger partial charge is 0.490 e. The van der Waals surface area contributed by atoms with Crippen LogP contribution in [0.25, 0.3) is 0 Å². The molecule has 1 rings (SSSR count). The maximum atomic E-state index is 5.66. The van der Waals surface area contributed by atoms with Crippen LogP contribution in [0.4, 0.5) is 0 Å². The van der Waals surface area contributed by atoms with Gasteiger partial charge in [-0.1, -0.05) is 6.58 Å². The summed E-state index contributed by atoms with van der Waals surface area (Å²) in [7, 11) is 0. The van der Waals surface area contributed by atoms with E-state index in [4.69, 9.17) is 9.47 Å². The molecule has 3 heteroatoms. The number of nitrogens with one attached hydrogen (secondary N) is 1. The lowest BCUT2D eigenvalue weighted by atomic mass is 10.0. The van der Waals surface area contributed by atoms with Crippen molar-refractivity contribution in [2.45, 2.75) is 26.7 Å². The number of hydrogen-bond acceptors (Lipinski definition) is 3. The summed E-state index contributed by atoms with van der Waals surface area (Å²) < 4.78 is 11.1. The van der Waals surface area contributed by atoms with E-state index in [9.17, 15) is 0 Å². The van der Waals surface area contributed by atoms with Crippen molar-refractivity contribution in [1.29, 1.82) is 0 Å². The molecule has 0 aromatic carbocycles. The molecule has 0 aromatic rings. The fourth-order valence-electron chi connectivity index (χ4n) is 1.84. The van der Waals surface area contributed by atoms with E-state index < -0.39 is 0 Å². The maximum absolute atomic E-state index is 5.66.